The van der Waals surface area contributed by atoms with Gasteiger partial charge >= 0.3 is 6.01 Å². The molecule has 8 heteroatoms. The molecule has 0 atom stereocenters. The molecule has 2 N–H and O–H groups in total. The molecule has 3 rings (SSSR count). The van der Waals surface area contributed by atoms with E-state index in [1.165, 1.54) is 30.7 Å². The summed E-state index contributed by atoms with van der Waals surface area (Å²) in [5.74, 6) is -0.184. The number of nitrogens with zero attached hydrogens (tertiary/aromatic N) is 2. The Morgan fingerprint density at radius 2 is 1.92 bits per heavy atom. The molecule has 2 heterocycles. The highest BCUT2D eigenvalue weighted by Gasteiger charge is 2.24. The molecule has 0 radical (unpaired) electrons. The van der Waals surface area contributed by atoms with Gasteiger partial charge in [-0.05, 0) is 31.7 Å². The van der Waals surface area contributed by atoms with E-state index in [0.29, 0.717) is 16.6 Å². The van der Waals surface area contributed by atoms with Gasteiger partial charge in [0.05, 0.1) is 23.0 Å². The quantitative estimate of drug-likeness (QED) is 0.880. The minimum absolute atomic E-state index is 0.0346. The third kappa shape index (κ3) is 4.32. The summed E-state index contributed by atoms with van der Waals surface area (Å²) in [6, 6.07) is 3.27. The van der Waals surface area contributed by atoms with Gasteiger partial charge in [-0.15, -0.1) is 0 Å². The van der Waals surface area contributed by atoms with Crippen LogP contribution in [0.4, 0.5) is 0 Å². The Labute approximate surface area is 143 Å². The van der Waals surface area contributed by atoms with E-state index in [0.717, 1.165) is 25.7 Å². The van der Waals surface area contributed by atoms with Gasteiger partial charge in [0.2, 0.25) is 5.56 Å². The molecule has 0 aliphatic heterocycles. The molecule has 1 aliphatic carbocycles. The molecule has 0 spiro atoms. The van der Waals surface area contributed by atoms with E-state index in [1.807, 2.05) is 0 Å². The minimum atomic E-state index is -0.228. The zero-order chi connectivity index (χ0) is 16.9. The summed E-state index contributed by atoms with van der Waals surface area (Å²) >= 11 is 5.74. The number of carbonyl (C=O) groups is 1. The SMILES string of the molecule is O=C(NC1CCC(Oc2ncc(Cl)cn2)CC1)c1ccc(=O)[nH]c1. The van der Waals surface area contributed by atoms with Crippen LogP contribution in [-0.4, -0.2) is 33.0 Å². The van der Waals surface area contributed by atoms with E-state index in [1.54, 1.807) is 0 Å². The molecule has 1 aliphatic rings. The van der Waals surface area contributed by atoms with Crippen molar-refractivity contribution in [3.63, 3.8) is 0 Å². The first-order valence-electron chi connectivity index (χ1n) is 7.74. The fraction of sp³-hybridized carbons (Fsp3) is 0.375. The first kappa shape index (κ1) is 16.4. The summed E-state index contributed by atoms with van der Waals surface area (Å²) in [5, 5.41) is 3.45. The van der Waals surface area contributed by atoms with E-state index >= 15 is 0 Å². The Morgan fingerprint density at radius 1 is 1.21 bits per heavy atom. The average molecular weight is 349 g/mol. The lowest BCUT2D eigenvalue weighted by Gasteiger charge is -2.28. The van der Waals surface area contributed by atoms with Crippen molar-refractivity contribution >= 4 is 17.5 Å². The van der Waals surface area contributed by atoms with Gasteiger partial charge in [-0.1, -0.05) is 11.6 Å². The summed E-state index contributed by atoms with van der Waals surface area (Å²) < 4.78 is 5.73. The van der Waals surface area contributed by atoms with Crippen LogP contribution in [0, 0.1) is 0 Å². The number of nitrogens with one attached hydrogen (secondary N) is 2. The summed E-state index contributed by atoms with van der Waals surface area (Å²) in [4.78, 5) is 33.7. The van der Waals surface area contributed by atoms with E-state index in [4.69, 9.17) is 16.3 Å². The van der Waals surface area contributed by atoms with Gasteiger partial charge in [0.25, 0.3) is 5.91 Å². The van der Waals surface area contributed by atoms with Crippen LogP contribution in [-0.2, 0) is 0 Å². The zero-order valence-corrected chi connectivity index (χ0v) is 13.6. The van der Waals surface area contributed by atoms with E-state index in [2.05, 4.69) is 20.3 Å². The molecular weight excluding hydrogens is 332 g/mol. The number of pyridine rings is 1. The van der Waals surface area contributed by atoms with E-state index in [-0.39, 0.29) is 23.6 Å². The maximum atomic E-state index is 12.1. The van der Waals surface area contributed by atoms with Crippen LogP contribution in [0.2, 0.25) is 5.02 Å². The normalized spacial score (nSPS) is 20.4. The van der Waals surface area contributed by atoms with Crippen molar-refractivity contribution in [1.82, 2.24) is 20.3 Å². The number of rotatable bonds is 4. The monoisotopic (exact) mass is 348 g/mol. The highest BCUT2D eigenvalue weighted by Crippen LogP contribution is 2.22. The molecule has 126 valence electrons. The van der Waals surface area contributed by atoms with Crippen molar-refractivity contribution in [3.8, 4) is 6.01 Å². The fourth-order valence-corrected chi connectivity index (χ4v) is 2.75. The third-order valence-corrected chi connectivity index (χ3v) is 4.12. The molecule has 0 saturated heterocycles. The lowest BCUT2D eigenvalue weighted by molar-refractivity contribution is 0.0885. The van der Waals surface area contributed by atoms with Gasteiger partial charge in [0.1, 0.15) is 6.10 Å². The summed E-state index contributed by atoms with van der Waals surface area (Å²) in [7, 11) is 0. The zero-order valence-electron chi connectivity index (χ0n) is 12.9. The van der Waals surface area contributed by atoms with Gasteiger partial charge in [-0.2, -0.15) is 0 Å². The predicted molar refractivity (Wildman–Crippen MR) is 88.2 cm³/mol. The number of ether oxygens (including phenoxy) is 1. The lowest BCUT2D eigenvalue weighted by Crippen LogP contribution is -2.40. The van der Waals surface area contributed by atoms with Crippen LogP contribution in [0.1, 0.15) is 36.0 Å². The Morgan fingerprint density at radius 3 is 2.54 bits per heavy atom. The highest BCUT2D eigenvalue weighted by atomic mass is 35.5. The predicted octanol–water partition coefficient (Wildman–Crippen LogP) is 1.94. The van der Waals surface area contributed by atoms with Crippen LogP contribution in [0.3, 0.4) is 0 Å². The third-order valence-electron chi connectivity index (χ3n) is 3.92. The topological polar surface area (TPSA) is 97.0 Å². The van der Waals surface area contributed by atoms with Crippen molar-refractivity contribution in [2.75, 3.05) is 0 Å². The van der Waals surface area contributed by atoms with Crippen LogP contribution < -0.4 is 15.6 Å². The smallest absolute Gasteiger partial charge is 0.316 e. The number of halogens is 1. The van der Waals surface area contributed by atoms with Crippen LogP contribution >= 0.6 is 11.6 Å². The number of carbonyl (C=O) groups excluding carboxylic acids is 1. The van der Waals surface area contributed by atoms with Gasteiger partial charge < -0.3 is 15.0 Å². The summed E-state index contributed by atoms with van der Waals surface area (Å²) in [5.41, 5.74) is 0.219. The maximum Gasteiger partial charge on any atom is 0.316 e. The van der Waals surface area contributed by atoms with Crippen LogP contribution in [0.5, 0.6) is 6.01 Å². The molecular formula is C16H17ClN4O3. The lowest BCUT2D eigenvalue weighted by atomic mass is 9.93. The standard InChI is InChI=1S/C16H17ClN4O3/c17-11-8-19-16(20-9-11)24-13-4-2-12(3-5-13)21-15(23)10-1-6-14(22)18-7-10/h1,6-9,12-13H,2-5H2,(H,18,22)(H,21,23). The van der Waals surface area contributed by atoms with Crippen molar-refractivity contribution < 1.29 is 9.53 Å². The Kier molecular flexibility index (Phi) is 5.10. The number of hydrogen-bond acceptors (Lipinski definition) is 5. The Hall–Kier alpha value is -2.41. The van der Waals surface area contributed by atoms with E-state index < -0.39 is 0 Å². The van der Waals surface area contributed by atoms with Crippen molar-refractivity contribution in [2.45, 2.75) is 37.8 Å². The van der Waals surface area contributed by atoms with Crippen LogP contribution in [0.25, 0.3) is 0 Å². The number of aromatic amines is 1. The Bertz CT molecular complexity index is 734. The van der Waals surface area contributed by atoms with Gasteiger partial charge in [0.15, 0.2) is 0 Å². The van der Waals surface area contributed by atoms with E-state index in [9.17, 15) is 9.59 Å². The van der Waals surface area contributed by atoms with Gasteiger partial charge in [0, 0.05) is 18.3 Å². The number of amides is 1. The summed E-state index contributed by atoms with van der Waals surface area (Å²) in [6.07, 6.45) is 7.70. The molecule has 24 heavy (non-hydrogen) atoms. The molecule has 2 aromatic heterocycles. The van der Waals surface area contributed by atoms with Crippen molar-refractivity contribution in [3.05, 3.63) is 51.7 Å². The molecule has 0 aromatic carbocycles. The number of aromatic nitrogens is 3. The summed E-state index contributed by atoms with van der Waals surface area (Å²) in [6.45, 7) is 0. The fourth-order valence-electron chi connectivity index (χ4n) is 2.66. The van der Waals surface area contributed by atoms with Gasteiger partial charge in [-0.3, -0.25) is 9.59 Å². The van der Waals surface area contributed by atoms with Gasteiger partial charge in [-0.25, -0.2) is 9.97 Å². The first-order chi connectivity index (χ1) is 11.6. The second-order valence-corrected chi connectivity index (χ2v) is 6.13. The molecule has 7 nitrogen and oxygen atoms in total. The molecule has 1 fully saturated rings. The molecule has 1 saturated carbocycles. The molecule has 0 bridgehead atoms. The second-order valence-electron chi connectivity index (χ2n) is 5.69. The van der Waals surface area contributed by atoms with Crippen molar-refractivity contribution in [2.24, 2.45) is 0 Å². The van der Waals surface area contributed by atoms with Crippen LogP contribution in [0.15, 0.2) is 35.5 Å². The molecule has 2 aromatic rings. The number of H-pyrrole nitrogens is 1. The molecule has 1 amide bonds. The number of hydrogen-bond donors (Lipinski definition) is 2. The highest BCUT2D eigenvalue weighted by molar-refractivity contribution is 6.30. The Balaban J connectivity index is 1.48. The largest absolute Gasteiger partial charge is 0.460 e. The maximum absolute atomic E-state index is 12.1. The first-order valence-corrected chi connectivity index (χ1v) is 8.12. The molecule has 0 unspecified atom stereocenters. The average Bonchev–Trinajstić information content (AvgIpc) is 2.59. The van der Waals surface area contributed by atoms with Crippen molar-refractivity contribution in [1.29, 1.82) is 0 Å². The minimum Gasteiger partial charge on any atom is -0.460 e. The second kappa shape index (κ2) is 7.44.